The molecule has 1 aromatic heterocycles. The van der Waals surface area contributed by atoms with Crippen LogP contribution >= 0.6 is 47.8 Å². The maximum absolute atomic E-state index is 5.43. The Morgan fingerprint density at radius 3 is 2.61 bits per heavy atom. The molecule has 92 valence electrons. The van der Waals surface area contributed by atoms with Crippen molar-refractivity contribution in [3.8, 4) is 5.75 Å². The summed E-state index contributed by atoms with van der Waals surface area (Å²) in [6.07, 6.45) is 0. The number of benzene rings is 2. The number of methoxy groups -OCH3 is 1. The fourth-order valence-electron chi connectivity index (χ4n) is 2.11. The molecule has 1 N–H and O–H groups in total. The van der Waals surface area contributed by atoms with E-state index in [9.17, 15) is 0 Å². The molecule has 0 aliphatic carbocycles. The highest BCUT2D eigenvalue weighted by Crippen LogP contribution is 2.41. The van der Waals surface area contributed by atoms with Crippen LogP contribution in [0.5, 0.6) is 5.75 Å². The summed E-state index contributed by atoms with van der Waals surface area (Å²) in [6, 6.07) is 8.13. The van der Waals surface area contributed by atoms with Crippen LogP contribution in [0.3, 0.4) is 0 Å². The van der Waals surface area contributed by atoms with Gasteiger partial charge in [-0.1, -0.05) is 15.9 Å². The van der Waals surface area contributed by atoms with Gasteiger partial charge in [0.15, 0.2) is 0 Å². The van der Waals surface area contributed by atoms with E-state index in [1.54, 1.807) is 7.11 Å². The maximum atomic E-state index is 5.43. The van der Waals surface area contributed by atoms with Crippen molar-refractivity contribution in [1.29, 1.82) is 0 Å². The molecular formula is C13H8Br3NO. The van der Waals surface area contributed by atoms with E-state index < -0.39 is 0 Å². The Labute approximate surface area is 129 Å². The highest BCUT2D eigenvalue weighted by molar-refractivity contribution is 9.13. The third kappa shape index (κ3) is 1.80. The Morgan fingerprint density at radius 1 is 1.11 bits per heavy atom. The molecule has 2 aromatic carbocycles. The van der Waals surface area contributed by atoms with E-state index in [-0.39, 0.29) is 0 Å². The molecule has 0 saturated heterocycles. The molecule has 3 rings (SSSR count). The number of hydrogen-bond acceptors (Lipinski definition) is 1. The molecule has 0 aliphatic heterocycles. The molecule has 18 heavy (non-hydrogen) atoms. The molecule has 0 bridgehead atoms. The standard InChI is InChI=1S/C13H8Br3NO/c1-18-10-5-8(15)12(16)11-7-4-6(14)2-3-9(7)17-13(10)11/h2-5,17H,1H3. The van der Waals surface area contributed by atoms with Gasteiger partial charge in [0.25, 0.3) is 0 Å². The first-order valence-electron chi connectivity index (χ1n) is 5.24. The van der Waals surface area contributed by atoms with Crippen molar-refractivity contribution in [2.75, 3.05) is 7.11 Å². The monoisotopic (exact) mass is 431 g/mol. The van der Waals surface area contributed by atoms with E-state index in [4.69, 9.17) is 4.74 Å². The number of fused-ring (bicyclic) bond motifs is 3. The number of nitrogens with one attached hydrogen (secondary N) is 1. The Kier molecular flexibility index (Phi) is 3.16. The maximum Gasteiger partial charge on any atom is 0.144 e. The summed E-state index contributed by atoms with van der Waals surface area (Å²) in [6.45, 7) is 0. The summed E-state index contributed by atoms with van der Waals surface area (Å²) in [5.41, 5.74) is 2.09. The van der Waals surface area contributed by atoms with Gasteiger partial charge in [-0.3, -0.25) is 0 Å². The first-order chi connectivity index (χ1) is 8.61. The quantitative estimate of drug-likeness (QED) is 0.529. The fourth-order valence-corrected chi connectivity index (χ4v) is 3.40. The Balaban J connectivity index is 2.58. The summed E-state index contributed by atoms with van der Waals surface area (Å²) in [7, 11) is 1.68. The smallest absolute Gasteiger partial charge is 0.144 e. The molecule has 3 aromatic rings. The van der Waals surface area contributed by atoms with Crippen molar-refractivity contribution in [2.45, 2.75) is 0 Å². The van der Waals surface area contributed by atoms with Crippen LogP contribution in [0.1, 0.15) is 0 Å². The summed E-state index contributed by atoms with van der Waals surface area (Å²) in [5, 5.41) is 2.28. The summed E-state index contributed by atoms with van der Waals surface area (Å²) < 4.78 is 8.50. The highest BCUT2D eigenvalue weighted by atomic mass is 79.9. The van der Waals surface area contributed by atoms with Crippen LogP contribution in [0.4, 0.5) is 0 Å². The molecule has 0 aliphatic rings. The lowest BCUT2D eigenvalue weighted by atomic mass is 10.1. The number of H-pyrrole nitrogens is 1. The van der Waals surface area contributed by atoms with Gasteiger partial charge in [0.05, 0.1) is 12.6 Å². The minimum Gasteiger partial charge on any atom is -0.495 e. The zero-order chi connectivity index (χ0) is 12.9. The van der Waals surface area contributed by atoms with E-state index in [1.165, 1.54) is 0 Å². The highest BCUT2D eigenvalue weighted by Gasteiger charge is 2.15. The second-order valence-corrected chi connectivity index (χ2v) is 6.50. The van der Waals surface area contributed by atoms with Gasteiger partial charge in [-0.25, -0.2) is 0 Å². The number of halogens is 3. The van der Waals surface area contributed by atoms with E-state index in [0.29, 0.717) is 0 Å². The van der Waals surface area contributed by atoms with Crippen molar-refractivity contribution < 1.29 is 4.74 Å². The van der Waals surface area contributed by atoms with E-state index in [1.807, 2.05) is 12.1 Å². The van der Waals surface area contributed by atoms with Crippen molar-refractivity contribution in [1.82, 2.24) is 4.98 Å². The largest absolute Gasteiger partial charge is 0.495 e. The fraction of sp³-hybridized carbons (Fsp3) is 0.0769. The van der Waals surface area contributed by atoms with E-state index in [0.717, 1.165) is 41.0 Å². The first kappa shape index (κ1) is 12.5. The van der Waals surface area contributed by atoms with E-state index >= 15 is 0 Å². The lowest BCUT2D eigenvalue weighted by Crippen LogP contribution is -1.85. The number of ether oxygens (including phenoxy) is 1. The normalized spacial score (nSPS) is 11.3. The summed E-state index contributed by atoms with van der Waals surface area (Å²) in [4.78, 5) is 3.40. The van der Waals surface area contributed by atoms with Crippen LogP contribution in [-0.4, -0.2) is 12.1 Å². The Bertz CT molecular complexity index is 764. The van der Waals surface area contributed by atoms with Gasteiger partial charge >= 0.3 is 0 Å². The molecule has 0 unspecified atom stereocenters. The molecule has 5 heteroatoms. The van der Waals surface area contributed by atoms with E-state index in [2.05, 4.69) is 64.9 Å². The topological polar surface area (TPSA) is 25.0 Å². The van der Waals surface area contributed by atoms with Crippen LogP contribution < -0.4 is 4.74 Å². The molecule has 0 atom stereocenters. The molecule has 0 radical (unpaired) electrons. The predicted octanol–water partition coefficient (Wildman–Crippen LogP) is 5.62. The lowest BCUT2D eigenvalue weighted by Gasteiger charge is -2.05. The zero-order valence-corrected chi connectivity index (χ0v) is 14.1. The molecule has 0 spiro atoms. The Morgan fingerprint density at radius 2 is 1.89 bits per heavy atom. The summed E-state index contributed by atoms with van der Waals surface area (Å²) in [5.74, 6) is 0.826. The SMILES string of the molecule is COc1cc(Br)c(Br)c2c1[nH]c1ccc(Br)cc12. The molecule has 0 amide bonds. The molecule has 0 fully saturated rings. The van der Waals surface area contributed by atoms with Crippen molar-refractivity contribution in [3.05, 3.63) is 37.7 Å². The average Bonchev–Trinajstić information content (AvgIpc) is 2.72. The third-order valence-corrected chi connectivity index (χ3v) is 5.39. The first-order valence-corrected chi connectivity index (χ1v) is 7.62. The molecular weight excluding hydrogens is 426 g/mol. The van der Waals surface area contributed by atoms with Crippen LogP contribution in [0.15, 0.2) is 37.7 Å². The second kappa shape index (κ2) is 4.54. The molecule has 2 nitrogen and oxygen atoms in total. The number of rotatable bonds is 1. The predicted molar refractivity (Wildman–Crippen MR) is 85.5 cm³/mol. The molecule has 1 heterocycles. The van der Waals surface area contributed by atoms with Gasteiger partial charge in [-0.2, -0.15) is 0 Å². The Hall–Kier alpha value is -0.520. The average molecular weight is 434 g/mol. The second-order valence-electron chi connectivity index (χ2n) is 3.94. The number of hydrogen-bond donors (Lipinski definition) is 1. The van der Waals surface area contributed by atoms with Crippen LogP contribution in [0.25, 0.3) is 21.8 Å². The minimum absolute atomic E-state index is 0.826. The van der Waals surface area contributed by atoms with Crippen molar-refractivity contribution in [2.24, 2.45) is 0 Å². The van der Waals surface area contributed by atoms with Gasteiger partial charge in [0, 0.05) is 29.7 Å². The number of aromatic amines is 1. The van der Waals surface area contributed by atoms with Gasteiger partial charge in [0.2, 0.25) is 0 Å². The van der Waals surface area contributed by atoms with Gasteiger partial charge in [-0.05, 0) is 56.1 Å². The van der Waals surface area contributed by atoms with Gasteiger partial charge in [-0.15, -0.1) is 0 Å². The van der Waals surface area contributed by atoms with Crippen LogP contribution in [0.2, 0.25) is 0 Å². The van der Waals surface area contributed by atoms with Crippen LogP contribution in [0, 0.1) is 0 Å². The lowest BCUT2D eigenvalue weighted by molar-refractivity contribution is 0.419. The third-order valence-electron chi connectivity index (χ3n) is 2.91. The number of aromatic nitrogens is 1. The van der Waals surface area contributed by atoms with Crippen molar-refractivity contribution >= 4 is 69.6 Å². The van der Waals surface area contributed by atoms with Gasteiger partial charge in [0.1, 0.15) is 5.75 Å². The summed E-state index contributed by atoms with van der Waals surface area (Å²) >= 11 is 10.7. The zero-order valence-electron chi connectivity index (χ0n) is 9.35. The van der Waals surface area contributed by atoms with Crippen molar-refractivity contribution in [3.63, 3.8) is 0 Å². The molecule has 0 saturated carbocycles. The van der Waals surface area contributed by atoms with Crippen LogP contribution in [-0.2, 0) is 0 Å². The minimum atomic E-state index is 0.826. The van der Waals surface area contributed by atoms with Gasteiger partial charge < -0.3 is 9.72 Å².